The summed E-state index contributed by atoms with van der Waals surface area (Å²) in [6.07, 6.45) is 1.56. The van der Waals surface area contributed by atoms with Crippen LogP contribution in [-0.2, 0) is 12.4 Å². The Morgan fingerprint density at radius 1 is 0.679 bits per heavy atom. The Hall–Kier alpha value is -5.44. The van der Waals surface area contributed by atoms with Crippen LogP contribution in [0.4, 0.5) is 49.1 Å². The molecule has 5 aromatic rings. The SMILES string of the molecule is CC1=CC=C2C(C1)B1c3cc(C)ccc3N(c3ccccc3-c3ccc(C(F)(F)F)cc3)c3cccc(c31)N2C1CC=CC(C)C1c1ccc(C(F)(F)F)cc1. The van der Waals surface area contributed by atoms with Crippen LogP contribution in [0.2, 0.25) is 5.82 Å². The Labute approximate surface area is 323 Å². The van der Waals surface area contributed by atoms with Crippen molar-refractivity contribution in [2.24, 2.45) is 5.92 Å². The molecule has 0 saturated carbocycles. The molecule has 0 saturated heterocycles. The van der Waals surface area contributed by atoms with Gasteiger partial charge >= 0.3 is 12.4 Å². The van der Waals surface area contributed by atoms with Gasteiger partial charge < -0.3 is 9.80 Å². The van der Waals surface area contributed by atoms with E-state index < -0.39 is 23.5 Å². The zero-order chi connectivity index (χ0) is 39.1. The molecule has 9 rings (SSSR count). The highest BCUT2D eigenvalue weighted by molar-refractivity contribution is 6.91. The lowest BCUT2D eigenvalue weighted by atomic mass is 9.29. The molecule has 2 aliphatic carbocycles. The van der Waals surface area contributed by atoms with Crippen LogP contribution in [0, 0.1) is 12.8 Å². The molecule has 4 unspecified atom stereocenters. The summed E-state index contributed by atoms with van der Waals surface area (Å²) >= 11 is 0. The first-order valence-corrected chi connectivity index (χ1v) is 19.1. The van der Waals surface area contributed by atoms with E-state index in [1.165, 1.54) is 34.3 Å². The van der Waals surface area contributed by atoms with Gasteiger partial charge in [0.25, 0.3) is 0 Å². The summed E-state index contributed by atoms with van der Waals surface area (Å²) in [7, 11) is 0. The van der Waals surface area contributed by atoms with E-state index in [0.29, 0.717) is 12.0 Å². The molecule has 2 nitrogen and oxygen atoms in total. The summed E-state index contributed by atoms with van der Waals surface area (Å²) in [6, 6.07) is 31.8. The number of hydrogen-bond acceptors (Lipinski definition) is 2. The largest absolute Gasteiger partial charge is 0.416 e. The maximum atomic E-state index is 13.7. The summed E-state index contributed by atoms with van der Waals surface area (Å²) in [4.78, 5) is 4.76. The molecule has 0 spiro atoms. The van der Waals surface area contributed by atoms with Crippen molar-refractivity contribution in [3.8, 4) is 11.1 Å². The maximum Gasteiger partial charge on any atom is 0.416 e. The van der Waals surface area contributed by atoms with Gasteiger partial charge in [-0.2, -0.15) is 26.3 Å². The highest BCUT2D eigenvalue weighted by Crippen LogP contribution is 2.52. The number of anilines is 4. The van der Waals surface area contributed by atoms with Gasteiger partial charge in [0.1, 0.15) is 0 Å². The van der Waals surface area contributed by atoms with Crippen LogP contribution >= 0.6 is 0 Å². The number of fused-ring (bicyclic) bond motifs is 4. The fourth-order valence-corrected chi connectivity index (χ4v) is 9.77. The zero-order valence-electron chi connectivity index (χ0n) is 31.2. The van der Waals surface area contributed by atoms with Gasteiger partial charge in [0.2, 0.25) is 6.71 Å². The zero-order valence-corrected chi connectivity index (χ0v) is 31.2. The predicted molar refractivity (Wildman–Crippen MR) is 215 cm³/mol. The lowest BCUT2D eigenvalue weighted by Crippen LogP contribution is -2.61. The number of para-hydroxylation sites is 1. The minimum Gasteiger partial charge on any atom is -0.342 e. The topological polar surface area (TPSA) is 6.48 Å². The molecular weight excluding hydrogens is 717 g/mol. The standard InChI is InChI=1S/C47H39BF6N2/c1-28-14-24-39-36(26-28)48-37-27-29(2)15-25-40(37)56(41-11-6-8-30(3)44(41)32-18-22-34(23-19-32)47(52,53)54)43-13-7-12-42(45(43)48)55(39)38-10-5-4-9-35(38)31-16-20-33(21-17-31)46(49,50)51/h4-10,12-26,30,37,41,44H,11,27H2,1-3H3. The van der Waals surface area contributed by atoms with Crippen molar-refractivity contribution < 1.29 is 26.3 Å². The molecule has 0 fully saturated rings. The number of aryl methyl sites for hydroxylation is 1. The van der Waals surface area contributed by atoms with Gasteiger partial charge in [-0.15, -0.1) is 0 Å². The van der Waals surface area contributed by atoms with Gasteiger partial charge in [0, 0.05) is 40.3 Å². The Morgan fingerprint density at radius 2 is 1.34 bits per heavy atom. The molecule has 0 bridgehead atoms. The highest BCUT2D eigenvalue weighted by Gasteiger charge is 2.50. The number of alkyl halides is 6. The molecule has 282 valence electrons. The first-order chi connectivity index (χ1) is 26.8. The number of rotatable bonds is 4. The van der Waals surface area contributed by atoms with E-state index >= 15 is 0 Å². The first-order valence-electron chi connectivity index (χ1n) is 19.1. The second-order valence-electron chi connectivity index (χ2n) is 15.7. The lowest BCUT2D eigenvalue weighted by Gasteiger charge is -2.53. The Kier molecular flexibility index (Phi) is 8.64. The normalized spacial score (nSPS) is 21.6. The second-order valence-corrected chi connectivity index (χ2v) is 15.7. The average molecular weight is 757 g/mol. The molecule has 56 heavy (non-hydrogen) atoms. The number of allylic oxidation sites excluding steroid dienone is 5. The van der Waals surface area contributed by atoms with E-state index in [1.54, 1.807) is 24.3 Å². The van der Waals surface area contributed by atoms with Crippen LogP contribution in [0.5, 0.6) is 0 Å². The fourth-order valence-electron chi connectivity index (χ4n) is 9.77. The van der Waals surface area contributed by atoms with E-state index in [-0.39, 0.29) is 30.4 Å². The molecule has 0 N–H and O–H groups in total. The van der Waals surface area contributed by atoms with E-state index in [2.05, 4.69) is 91.3 Å². The van der Waals surface area contributed by atoms with E-state index in [0.717, 1.165) is 58.0 Å². The summed E-state index contributed by atoms with van der Waals surface area (Å²) in [6.45, 7) is 6.43. The van der Waals surface area contributed by atoms with Crippen LogP contribution in [0.15, 0.2) is 145 Å². The molecule has 0 radical (unpaired) electrons. The number of benzene rings is 5. The Bertz CT molecular complexity index is 2430. The van der Waals surface area contributed by atoms with E-state index in [4.69, 9.17) is 0 Å². The second kappa shape index (κ2) is 13.4. The molecule has 0 amide bonds. The predicted octanol–water partition coefficient (Wildman–Crippen LogP) is 12.3. The van der Waals surface area contributed by atoms with Gasteiger partial charge in [-0.1, -0.05) is 97.0 Å². The van der Waals surface area contributed by atoms with Crippen molar-refractivity contribution in [1.29, 1.82) is 0 Å². The first kappa shape index (κ1) is 36.2. The molecule has 4 atom stereocenters. The molecule has 5 aromatic carbocycles. The minimum atomic E-state index is -4.44. The molecular formula is C47H39BF6N2. The number of halogens is 6. The number of hydrogen-bond donors (Lipinski definition) is 0. The smallest absolute Gasteiger partial charge is 0.342 e. The van der Waals surface area contributed by atoms with Gasteiger partial charge in [-0.25, -0.2) is 0 Å². The van der Waals surface area contributed by atoms with Gasteiger partial charge in [0.15, 0.2) is 0 Å². The quantitative estimate of drug-likeness (QED) is 0.102. The lowest BCUT2D eigenvalue weighted by molar-refractivity contribution is -0.138. The van der Waals surface area contributed by atoms with Crippen LogP contribution in [0.25, 0.3) is 11.1 Å². The highest BCUT2D eigenvalue weighted by atomic mass is 19.4. The van der Waals surface area contributed by atoms with Crippen molar-refractivity contribution in [3.05, 3.63) is 167 Å². The Balaban J connectivity index is 1.25. The van der Waals surface area contributed by atoms with Crippen molar-refractivity contribution in [2.45, 2.75) is 63.7 Å². The van der Waals surface area contributed by atoms with Crippen LogP contribution in [0.3, 0.4) is 0 Å². The average Bonchev–Trinajstić information content (AvgIpc) is 3.17. The van der Waals surface area contributed by atoms with Gasteiger partial charge in [-0.3, -0.25) is 0 Å². The third-order valence-corrected chi connectivity index (χ3v) is 12.2. The van der Waals surface area contributed by atoms with E-state index in [1.807, 2.05) is 24.3 Å². The third kappa shape index (κ3) is 5.98. The summed E-state index contributed by atoms with van der Waals surface area (Å²) < 4.78 is 81.9. The molecule has 0 aromatic heterocycles. The number of nitrogens with zero attached hydrogens (tertiary/aromatic N) is 2. The summed E-state index contributed by atoms with van der Waals surface area (Å²) in [5.41, 5.74) is 10.9. The summed E-state index contributed by atoms with van der Waals surface area (Å²) in [5, 5.41) is 0. The molecule has 2 aliphatic heterocycles. The third-order valence-electron chi connectivity index (χ3n) is 12.2. The van der Waals surface area contributed by atoms with Gasteiger partial charge in [0.05, 0.1) is 16.8 Å². The van der Waals surface area contributed by atoms with Crippen LogP contribution < -0.4 is 20.7 Å². The monoisotopic (exact) mass is 756 g/mol. The van der Waals surface area contributed by atoms with Crippen molar-refractivity contribution in [2.75, 3.05) is 9.80 Å². The van der Waals surface area contributed by atoms with Crippen molar-refractivity contribution in [1.82, 2.24) is 0 Å². The molecule has 4 aliphatic rings. The van der Waals surface area contributed by atoms with Crippen molar-refractivity contribution in [3.63, 3.8) is 0 Å². The maximum absolute atomic E-state index is 13.7. The van der Waals surface area contributed by atoms with Gasteiger partial charge in [-0.05, 0) is 115 Å². The fraction of sp³-hybridized carbons (Fsp3) is 0.234. The summed E-state index contributed by atoms with van der Waals surface area (Å²) in [5.74, 6) is 0.0759. The molecule has 9 heteroatoms. The van der Waals surface area contributed by atoms with Crippen LogP contribution in [-0.4, -0.2) is 12.8 Å². The minimum absolute atomic E-state index is 0.0119. The van der Waals surface area contributed by atoms with Crippen LogP contribution in [0.1, 0.15) is 54.9 Å². The van der Waals surface area contributed by atoms with Crippen molar-refractivity contribution >= 4 is 40.4 Å². The molecule has 2 heterocycles. The van der Waals surface area contributed by atoms with E-state index in [9.17, 15) is 26.3 Å². The Morgan fingerprint density at radius 3 is 2.05 bits per heavy atom.